The van der Waals surface area contributed by atoms with Crippen molar-refractivity contribution in [3.63, 3.8) is 0 Å². The number of nitrogens with zero attached hydrogens (tertiary/aromatic N) is 3. The van der Waals surface area contributed by atoms with E-state index in [1.54, 1.807) is 0 Å². The summed E-state index contributed by atoms with van der Waals surface area (Å²) in [7, 11) is 0. The van der Waals surface area contributed by atoms with Crippen LogP contribution in [0.3, 0.4) is 0 Å². The molecule has 5 nitrogen and oxygen atoms in total. The molecular weight excluding hydrogens is 326 g/mol. The molecule has 1 aliphatic heterocycles. The molecule has 146 valence electrons. The highest BCUT2D eigenvalue weighted by molar-refractivity contribution is 5.95. The number of amides is 1. The second kappa shape index (κ2) is 9.05. The molecule has 26 heavy (non-hydrogen) atoms. The van der Waals surface area contributed by atoms with Gasteiger partial charge in [0, 0.05) is 32.2 Å². The zero-order valence-electron chi connectivity index (χ0n) is 16.8. The standard InChI is InChI=1S/C21H35N3O2/c1-4-22(5-2)16-19-15-20(17(3)26-19)21(25)24-12-8-11-23(13-14-24)18-9-6-7-10-18/h15,18H,4-14,16H2,1-3H3. The van der Waals surface area contributed by atoms with Crippen molar-refractivity contribution < 1.29 is 9.21 Å². The maximum absolute atomic E-state index is 13.1. The Hall–Kier alpha value is -1.33. The van der Waals surface area contributed by atoms with Gasteiger partial charge in [-0.3, -0.25) is 14.6 Å². The summed E-state index contributed by atoms with van der Waals surface area (Å²) >= 11 is 0. The van der Waals surface area contributed by atoms with E-state index in [0.717, 1.165) is 75.4 Å². The number of rotatable bonds is 6. The quantitative estimate of drug-likeness (QED) is 0.777. The van der Waals surface area contributed by atoms with Crippen LogP contribution in [0.2, 0.25) is 0 Å². The van der Waals surface area contributed by atoms with Gasteiger partial charge in [0.05, 0.1) is 12.1 Å². The van der Waals surface area contributed by atoms with Crippen LogP contribution in [-0.2, 0) is 6.54 Å². The van der Waals surface area contributed by atoms with Crippen molar-refractivity contribution in [2.75, 3.05) is 39.3 Å². The van der Waals surface area contributed by atoms with E-state index in [1.807, 2.05) is 17.9 Å². The molecule has 0 spiro atoms. The number of hydrogen-bond acceptors (Lipinski definition) is 4. The van der Waals surface area contributed by atoms with Crippen LogP contribution in [0, 0.1) is 6.92 Å². The zero-order valence-corrected chi connectivity index (χ0v) is 16.8. The summed E-state index contributed by atoms with van der Waals surface area (Å²) in [5.41, 5.74) is 0.751. The summed E-state index contributed by atoms with van der Waals surface area (Å²) in [5, 5.41) is 0. The van der Waals surface area contributed by atoms with Crippen LogP contribution in [-0.4, -0.2) is 65.9 Å². The first-order valence-corrected chi connectivity index (χ1v) is 10.5. The molecule has 0 N–H and O–H groups in total. The molecule has 1 saturated carbocycles. The lowest BCUT2D eigenvalue weighted by molar-refractivity contribution is 0.0756. The Morgan fingerprint density at radius 3 is 2.54 bits per heavy atom. The van der Waals surface area contributed by atoms with Crippen LogP contribution in [0.25, 0.3) is 0 Å². The van der Waals surface area contributed by atoms with E-state index in [4.69, 9.17) is 4.42 Å². The first kappa shape index (κ1) is 19.4. The molecule has 5 heteroatoms. The molecule has 3 rings (SSSR count). The van der Waals surface area contributed by atoms with Crippen LogP contribution in [0.4, 0.5) is 0 Å². The maximum Gasteiger partial charge on any atom is 0.257 e. The highest BCUT2D eigenvalue weighted by atomic mass is 16.3. The number of carbonyl (C=O) groups is 1. The third-order valence-corrected chi connectivity index (χ3v) is 6.13. The summed E-state index contributed by atoms with van der Waals surface area (Å²) in [6.07, 6.45) is 6.49. The summed E-state index contributed by atoms with van der Waals surface area (Å²) in [6, 6.07) is 2.72. The van der Waals surface area contributed by atoms with Gasteiger partial charge in [-0.2, -0.15) is 0 Å². The van der Waals surface area contributed by atoms with Gasteiger partial charge in [0.25, 0.3) is 5.91 Å². The first-order valence-electron chi connectivity index (χ1n) is 10.5. The fourth-order valence-corrected chi connectivity index (χ4v) is 4.45. The predicted octanol–water partition coefficient (Wildman–Crippen LogP) is 3.52. The lowest BCUT2D eigenvalue weighted by Gasteiger charge is -2.27. The first-order chi connectivity index (χ1) is 12.6. The van der Waals surface area contributed by atoms with E-state index < -0.39 is 0 Å². The van der Waals surface area contributed by atoms with Gasteiger partial charge in [-0.25, -0.2) is 0 Å². The largest absolute Gasteiger partial charge is 0.464 e. The molecule has 1 aromatic heterocycles. The third-order valence-electron chi connectivity index (χ3n) is 6.13. The highest BCUT2D eigenvalue weighted by Gasteiger charge is 2.28. The molecule has 1 amide bonds. The molecule has 0 bridgehead atoms. The van der Waals surface area contributed by atoms with E-state index >= 15 is 0 Å². The Balaban J connectivity index is 1.62. The second-order valence-corrected chi connectivity index (χ2v) is 7.76. The van der Waals surface area contributed by atoms with Crippen LogP contribution in [0.5, 0.6) is 0 Å². The Bertz CT molecular complexity index is 588. The average molecular weight is 362 g/mol. The van der Waals surface area contributed by atoms with E-state index in [0.29, 0.717) is 0 Å². The van der Waals surface area contributed by atoms with Crippen molar-refractivity contribution in [1.82, 2.24) is 14.7 Å². The van der Waals surface area contributed by atoms with Crippen LogP contribution < -0.4 is 0 Å². The molecule has 0 unspecified atom stereocenters. The van der Waals surface area contributed by atoms with Gasteiger partial charge in [0.1, 0.15) is 11.5 Å². The fraction of sp³-hybridized carbons (Fsp3) is 0.762. The highest BCUT2D eigenvalue weighted by Crippen LogP contribution is 2.25. The van der Waals surface area contributed by atoms with E-state index in [1.165, 1.54) is 25.7 Å². The minimum absolute atomic E-state index is 0.144. The molecule has 1 saturated heterocycles. The molecule has 2 fully saturated rings. The number of carbonyl (C=O) groups excluding carboxylic acids is 1. The molecule has 0 atom stereocenters. The molecular formula is C21H35N3O2. The molecule has 0 radical (unpaired) electrons. The van der Waals surface area contributed by atoms with Gasteiger partial charge in [-0.15, -0.1) is 0 Å². The predicted molar refractivity (Wildman–Crippen MR) is 104 cm³/mol. The number of aryl methyl sites for hydroxylation is 1. The third kappa shape index (κ3) is 4.49. The van der Waals surface area contributed by atoms with E-state index in [2.05, 4.69) is 23.6 Å². The molecule has 2 aliphatic rings. The molecule has 0 aromatic carbocycles. The van der Waals surface area contributed by atoms with Gasteiger partial charge >= 0.3 is 0 Å². The van der Waals surface area contributed by atoms with Gasteiger partial charge in [0.15, 0.2) is 0 Å². The maximum atomic E-state index is 13.1. The van der Waals surface area contributed by atoms with Crippen molar-refractivity contribution in [3.8, 4) is 0 Å². The van der Waals surface area contributed by atoms with Gasteiger partial charge in [0.2, 0.25) is 0 Å². The summed E-state index contributed by atoms with van der Waals surface area (Å²) in [5.74, 6) is 1.80. The zero-order chi connectivity index (χ0) is 18.5. The Kier molecular flexibility index (Phi) is 6.76. The van der Waals surface area contributed by atoms with Gasteiger partial charge in [-0.05, 0) is 45.3 Å². The Morgan fingerprint density at radius 2 is 1.85 bits per heavy atom. The van der Waals surface area contributed by atoms with E-state index in [9.17, 15) is 4.79 Å². The summed E-state index contributed by atoms with van der Waals surface area (Å²) in [4.78, 5) is 20.0. The fourth-order valence-electron chi connectivity index (χ4n) is 4.45. The monoisotopic (exact) mass is 361 g/mol. The number of hydrogen-bond donors (Lipinski definition) is 0. The van der Waals surface area contributed by atoms with Crippen molar-refractivity contribution in [2.24, 2.45) is 0 Å². The van der Waals surface area contributed by atoms with Crippen molar-refractivity contribution in [3.05, 3.63) is 23.2 Å². The molecule has 1 aromatic rings. The van der Waals surface area contributed by atoms with E-state index in [-0.39, 0.29) is 5.91 Å². The molecule has 2 heterocycles. The van der Waals surface area contributed by atoms with Crippen LogP contribution in [0.15, 0.2) is 10.5 Å². The van der Waals surface area contributed by atoms with Crippen LogP contribution >= 0.6 is 0 Å². The second-order valence-electron chi connectivity index (χ2n) is 7.76. The van der Waals surface area contributed by atoms with Crippen molar-refractivity contribution >= 4 is 5.91 Å². The van der Waals surface area contributed by atoms with Gasteiger partial charge in [-0.1, -0.05) is 26.7 Å². The average Bonchev–Trinajstić information content (AvgIpc) is 3.23. The number of furan rings is 1. The lowest BCUT2D eigenvalue weighted by atomic mass is 10.2. The minimum atomic E-state index is 0.144. The lowest BCUT2D eigenvalue weighted by Crippen LogP contribution is -2.38. The smallest absolute Gasteiger partial charge is 0.257 e. The van der Waals surface area contributed by atoms with Crippen molar-refractivity contribution in [2.45, 2.75) is 65.5 Å². The van der Waals surface area contributed by atoms with Crippen LogP contribution in [0.1, 0.15) is 67.8 Å². The topological polar surface area (TPSA) is 39.9 Å². The molecule has 1 aliphatic carbocycles. The normalized spacial score (nSPS) is 20.1. The summed E-state index contributed by atoms with van der Waals surface area (Å²) < 4.78 is 5.89. The minimum Gasteiger partial charge on any atom is -0.464 e. The SMILES string of the molecule is CCN(CC)Cc1cc(C(=O)N2CCCN(C3CCCC3)CC2)c(C)o1. The van der Waals surface area contributed by atoms with Crippen molar-refractivity contribution in [1.29, 1.82) is 0 Å². The van der Waals surface area contributed by atoms with Gasteiger partial charge < -0.3 is 9.32 Å². The Labute approximate surface area is 158 Å². The Morgan fingerprint density at radius 1 is 1.12 bits per heavy atom. The summed E-state index contributed by atoms with van der Waals surface area (Å²) in [6.45, 7) is 12.8.